The Morgan fingerprint density at radius 1 is 1.21 bits per heavy atom. The van der Waals surface area contributed by atoms with Crippen molar-refractivity contribution in [1.29, 1.82) is 0 Å². The highest BCUT2D eigenvalue weighted by Crippen LogP contribution is 2.35. The molecule has 0 atom stereocenters. The van der Waals surface area contributed by atoms with Crippen molar-refractivity contribution in [2.75, 3.05) is 6.54 Å². The van der Waals surface area contributed by atoms with Gasteiger partial charge in [-0.2, -0.15) is 0 Å². The average Bonchev–Trinajstić information content (AvgIpc) is 2.97. The van der Waals surface area contributed by atoms with Gasteiger partial charge in [-0.25, -0.2) is 4.68 Å². The van der Waals surface area contributed by atoms with E-state index in [1.807, 2.05) is 29.2 Å². The van der Waals surface area contributed by atoms with Crippen LogP contribution in [0.1, 0.15) is 38.5 Å². The second-order valence-electron chi connectivity index (χ2n) is 6.67. The number of benzene rings is 1. The van der Waals surface area contributed by atoms with Crippen LogP contribution in [0.25, 0.3) is 11.0 Å². The number of β-lactam (4-membered cyclic amide) rings is 1. The topological polar surface area (TPSA) is 80.1 Å². The highest BCUT2D eigenvalue weighted by molar-refractivity contribution is 5.84. The Balaban J connectivity index is 1.52. The third-order valence-corrected chi connectivity index (χ3v) is 5.13. The molecule has 1 aromatic heterocycles. The fraction of sp³-hybridized carbons (Fsp3) is 0.529. The van der Waals surface area contributed by atoms with E-state index in [0.29, 0.717) is 6.42 Å². The fourth-order valence-corrected chi connectivity index (χ4v) is 3.84. The van der Waals surface area contributed by atoms with E-state index in [-0.39, 0.29) is 18.4 Å². The lowest BCUT2D eigenvalue weighted by Crippen LogP contribution is -2.67. The van der Waals surface area contributed by atoms with Crippen LogP contribution >= 0.6 is 0 Å². The molecule has 126 valence electrons. The van der Waals surface area contributed by atoms with Crippen molar-refractivity contribution >= 4 is 22.8 Å². The van der Waals surface area contributed by atoms with Gasteiger partial charge in [0.2, 0.25) is 11.8 Å². The highest BCUT2D eigenvalue weighted by atomic mass is 16.2. The van der Waals surface area contributed by atoms with Crippen molar-refractivity contribution in [3.05, 3.63) is 24.3 Å². The summed E-state index contributed by atoms with van der Waals surface area (Å²) in [4.78, 5) is 26.4. The van der Waals surface area contributed by atoms with Crippen LogP contribution in [-0.2, 0) is 16.1 Å². The van der Waals surface area contributed by atoms with E-state index in [1.165, 1.54) is 0 Å². The van der Waals surface area contributed by atoms with Crippen LogP contribution in [0.5, 0.6) is 0 Å². The predicted octanol–water partition coefficient (Wildman–Crippen LogP) is 1.44. The molecule has 2 heterocycles. The maximum atomic E-state index is 12.6. The van der Waals surface area contributed by atoms with Crippen molar-refractivity contribution in [2.45, 2.75) is 50.7 Å². The molecular weight excluding hydrogens is 306 g/mol. The molecule has 2 aromatic rings. The molecule has 1 aromatic carbocycles. The second kappa shape index (κ2) is 5.89. The minimum Gasteiger partial charge on any atom is -0.332 e. The summed E-state index contributed by atoms with van der Waals surface area (Å²) in [7, 11) is 0. The number of carbonyl (C=O) groups is 2. The standard InChI is InChI=1S/C17H21N5O2/c23-15(12-22-14-7-3-2-6-13(14)19-20-22)18-17(9-4-1-5-10-17)21-11-8-16(21)24/h2-3,6-7H,1,4-5,8-12H2,(H,18,23). The molecule has 0 radical (unpaired) electrons. The Bertz CT molecular complexity index is 778. The van der Waals surface area contributed by atoms with Gasteiger partial charge in [0.15, 0.2) is 0 Å². The first-order valence-electron chi connectivity index (χ1n) is 8.58. The molecule has 1 aliphatic carbocycles. The van der Waals surface area contributed by atoms with Crippen LogP contribution in [0.15, 0.2) is 24.3 Å². The van der Waals surface area contributed by atoms with Crippen molar-refractivity contribution in [3.8, 4) is 0 Å². The van der Waals surface area contributed by atoms with E-state index >= 15 is 0 Å². The van der Waals surface area contributed by atoms with Crippen molar-refractivity contribution < 1.29 is 9.59 Å². The SMILES string of the molecule is O=C(Cn1nnc2ccccc21)NC1(N2CCC2=O)CCCCC1. The van der Waals surface area contributed by atoms with Gasteiger partial charge < -0.3 is 10.2 Å². The van der Waals surface area contributed by atoms with Gasteiger partial charge in [0, 0.05) is 13.0 Å². The van der Waals surface area contributed by atoms with Gasteiger partial charge in [-0.1, -0.05) is 23.8 Å². The summed E-state index contributed by atoms with van der Waals surface area (Å²) in [5.74, 6) is 0.0238. The highest BCUT2D eigenvalue weighted by Gasteiger charge is 2.45. The number of carbonyl (C=O) groups excluding carboxylic acids is 2. The number of rotatable bonds is 4. The third kappa shape index (κ3) is 2.53. The van der Waals surface area contributed by atoms with Crippen molar-refractivity contribution in [2.24, 2.45) is 0 Å². The quantitative estimate of drug-likeness (QED) is 0.862. The van der Waals surface area contributed by atoms with Crippen molar-refractivity contribution in [3.63, 3.8) is 0 Å². The lowest BCUT2D eigenvalue weighted by Gasteiger charge is -2.50. The molecule has 1 saturated carbocycles. The van der Waals surface area contributed by atoms with Crippen LogP contribution < -0.4 is 5.32 Å². The lowest BCUT2D eigenvalue weighted by molar-refractivity contribution is -0.155. The number of hydrogen-bond donors (Lipinski definition) is 1. The molecule has 1 aliphatic heterocycles. The molecule has 24 heavy (non-hydrogen) atoms. The molecular formula is C17H21N5O2. The van der Waals surface area contributed by atoms with Gasteiger partial charge in [-0.15, -0.1) is 5.10 Å². The number of hydrogen-bond acceptors (Lipinski definition) is 4. The van der Waals surface area contributed by atoms with Gasteiger partial charge in [-0.3, -0.25) is 9.59 Å². The molecule has 2 amide bonds. The Kier molecular flexibility index (Phi) is 3.70. The summed E-state index contributed by atoms with van der Waals surface area (Å²) in [5, 5.41) is 11.3. The van der Waals surface area contributed by atoms with E-state index in [9.17, 15) is 9.59 Å². The van der Waals surface area contributed by atoms with Gasteiger partial charge >= 0.3 is 0 Å². The molecule has 0 unspecified atom stereocenters. The van der Waals surface area contributed by atoms with Crippen LogP contribution in [-0.4, -0.2) is 43.9 Å². The Morgan fingerprint density at radius 2 is 2.00 bits per heavy atom. The van der Waals surface area contributed by atoms with Crippen LogP contribution in [0.2, 0.25) is 0 Å². The van der Waals surface area contributed by atoms with E-state index < -0.39 is 5.66 Å². The first kappa shape index (κ1) is 15.1. The molecule has 0 bridgehead atoms. The fourth-order valence-electron chi connectivity index (χ4n) is 3.84. The van der Waals surface area contributed by atoms with Gasteiger partial charge in [0.05, 0.1) is 5.52 Å². The maximum Gasteiger partial charge on any atom is 0.243 e. The minimum absolute atomic E-state index is 0.115. The summed E-state index contributed by atoms with van der Waals surface area (Å²) in [6, 6.07) is 7.57. The van der Waals surface area contributed by atoms with Crippen LogP contribution in [0.4, 0.5) is 0 Å². The van der Waals surface area contributed by atoms with E-state index in [2.05, 4.69) is 15.6 Å². The molecule has 0 spiro atoms. The number of likely N-dealkylation sites (tertiary alicyclic amines) is 1. The number of nitrogens with zero attached hydrogens (tertiary/aromatic N) is 4. The smallest absolute Gasteiger partial charge is 0.243 e. The molecule has 1 N–H and O–H groups in total. The number of amides is 2. The first-order valence-corrected chi connectivity index (χ1v) is 8.58. The van der Waals surface area contributed by atoms with E-state index in [1.54, 1.807) is 4.68 Å². The average molecular weight is 327 g/mol. The maximum absolute atomic E-state index is 12.6. The van der Waals surface area contributed by atoms with Gasteiger partial charge in [0.25, 0.3) is 0 Å². The first-order chi connectivity index (χ1) is 11.7. The molecule has 7 heteroatoms. The molecule has 2 aliphatic rings. The normalized spacial score (nSPS) is 20.0. The zero-order chi connectivity index (χ0) is 16.6. The zero-order valence-electron chi connectivity index (χ0n) is 13.6. The van der Waals surface area contributed by atoms with E-state index in [4.69, 9.17) is 0 Å². The molecule has 2 fully saturated rings. The van der Waals surface area contributed by atoms with Gasteiger partial charge in [0.1, 0.15) is 17.7 Å². The summed E-state index contributed by atoms with van der Waals surface area (Å²) < 4.78 is 1.61. The largest absolute Gasteiger partial charge is 0.332 e. The second-order valence-corrected chi connectivity index (χ2v) is 6.67. The summed E-state index contributed by atoms with van der Waals surface area (Å²) in [6.45, 7) is 0.857. The molecule has 1 saturated heterocycles. The zero-order valence-corrected chi connectivity index (χ0v) is 13.6. The van der Waals surface area contributed by atoms with Crippen LogP contribution in [0.3, 0.4) is 0 Å². The molecule has 4 rings (SSSR count). The lowest BCUT2D eigenvalue weighted by atomic mass is 9.85. The number of fused-ring (bicyclic) bond motifs is 1. The van der Waals surface area contributed by atoms with Crippen LogP contribution in [0, 0.1) is 0 Å². The monoisotopic (exact) mass is 327 g/mol. The Labute approximate surface area is 140 Å². The minimum atomic E-state index is -0.499. The number of nitrogens with one attached hydrogen (secondary N) is 1. The summed E-state index contributed by atoms with van der Waals surface area (Å²) in [6.07, 6.45) is 5.50. The predicted molar refractivity (Wildman–Crippen MR) is 87.8 cm³/mol. The summed E-state index contributed by atoms with van der Waals surface area (Å²) >= 11 is 0. The van der Waals surface area contributed by atoms with Crippen molar-refractivity contribution in [1.82, 2.24) is 25.2 Å². The Morgan fingerprint density at radius 3 is 2.71 bits per heavy atom. The Hall–Kier alpha value is -2.44. The number of aromatic nitrogens is 3. The van der Waals surface area contributed by atoms with E-state index in [0.717, 1.165) is 49.7 Å². The molecule has 7 nitrogen and oxygen atoms in total. The number of para-hydroxylation sites is 1. The van der Waals surface area contributed by atoms with Gasteiger partial charge in [-0.05, 0) is 37.8 Å². The summed E-state index contributed by atoms with van der Waals surface area (Å²) in [5.41, 5.74) is 1.11. The third-order valence-electron chi connectivity index (χ3n) is 5.13.